The van der Waals surface area contributed by atoms with Gasteiger partial charge in [-0.05, 0) is 88.8 Å². The molecule has 1 aliphatic heterocycles. The summed E-state index contributed by atoms with van der Waals surface area (Å²) in [5, 5.41) is 9.57. The van der Waals surface area contributed by atoms with Gasteiger partial charge < -0.3 is 19.1 Å². The Bertz CT molecular complexity index is 1580. The van der Waals surface area contributed by atoms with Gasteiger partial charge in [-0.2, -0.15) is 8.78 Å². The fourth-order valence-electron chi connectivity index (χ4n) is 5.33. The zero-order chi connectivity index (χ0) is 29.1. The number of carboxylic acids is 1. The average molecular weight is 555 g/mol. The first kappa shape index (κ1) is 27.6. The molecule has 2 aromatic carbocycles. The van der Waals surface area contributed by atoms with Gasteiger partial charge in [-0.25, -0.2) is 9.59 Å². The highest BCUT2D eigenvalue weighted by Crippen LogP contribution is 2.44. The van der Waals surface area contributed by atoms with Crippen LogP contribution in [0.5, 0.6) is 5.75 Å². The lowest BCUT2D eigenvalue weighted by Crippen LogP contribution is -2.52. The summed E-state index contributed by atoms with van der Waals surface area (Å²) in [7, 11) is 0. The number of pyridine rings is 1. The molecule has 1 fully saturated rings. The van der Waals surface area contributed by atoms with Crippen molar-refractivity contribution in [1.29, 1.82) is 0 Å². The monoisotopic (exact) mass is 554 g/mol. The minimum atomic E-state index is -3.17. The smallest absolute Gasteiger partial charge is 0.411 e. The van der Waals surface area contributed by atoms with Crippen LogP contribution in [0.2, 0.25) is 0 Å². The van der Waals surface area contributed by atoms with Gasteiger partial charge in [0.2, 0.25) is 5.43 Å². The van der Waals surface area contributed by atoms with Crippen molar-refractivity contribution in [2.24, 2.45) is 0 Å². The summed E-state index contributed by atoms with van der Waals surface area (Å²) in [5.74, 6) is -1.57. The van der Waals surface area contributed by atoms with Gasteiger partial charge in [-0.15, -0.1) is 0 Å². The Labute approximate surface area is 230 Å². The molecule has 1 N–H and O–H groups in total. The van der Waals surface area contributed by atoms with Gasteiger partial charge in [0.05, 0.1) is 10.9 Å². The molecule has 1 aromatic heterocycles. The van der Waals surface area contributed by atoms with E-state index < -0.39 is 40.8 Å². The summed E-state index contributed by atoms with van der Waals surface area (Å²) in [6.45, 7) is 6.43. The van der Waals surface area contributed by atoms with Crippen LogP contribution in [0.4, 0.5) is 13.6 Å². The van der Waals surface area contributed by atoms with E-state index in [4.69, 9.17) is 9.47 Å². The maximum atomic E-state index is 13.8. The summed E-state index contributed by atoms with van der Waals surface area (Å²) < 4.78 is 39.8. The van der Waals surface area contributed by atoms with Crippen LogP contribution in [0.3, 0.4) is 0 Å². The number of aromatic nitrogens is 1. The number of carboxylic acid groups (broad SMARTS) is 1. The Kier molecular flexibility index (Phi) is 6.63. The molecule has 10 heteroatoms. The van der Waals surface area contributed by atoms with E-state index in [0.29, 0.717) is 17.5 Å². The molecular weight excluding hydrogens is 522 g/mol. The molecule has 8 nitrogen and oxygen atoms in total. The van der Waals surface area contributed by atoms with E-state index in [1.165, 1.54) is 18.3 Å². The summed E-state index contributed by atoms with van der Waals surface area (Å²) in [6.07, 6.45) is 2.80. The van der Waals surface area contributed by atoms with Crippen molar-refractivity contribution in [3.8, 4) is 16.9 Å². The van der Waals surface area contributed by atoms with E-state index in [2.05, 4.69) is 0 Å². The number of hydrogen-bond donors (Lipinski definition) is 1. The maximum absolute atomic E-state index is 13.8. The topological polar surface area (TPSA) is 98.1 Å². The summed E-state index contributed by atoms with van der Waals surface area (Å²) in [5.41, 5.74) is 0.548. The standard InChI is InChI=1S/C30H32F2N2O6/c1-29(2,3)40-28(38)34-14-18-12-16(6-7-17(18)13-30(34,4)5)20-10-11-21-23(25(20)39-27(31)32)33(19-8-9-19)15-22(24(21)35)26(36)37/h6-7,10-12,15,19,27H,8-9,13-14H2,1-5H3,(H,36,37). The van der Waals surface area contributed by atoms with Crippen LogP contribution in [0.1, 0.15) is 75.0 Å². The molecule has 0 spiro atoms. The van der Waals surface area contributed by atoms with E-state index in [1.54, 1.807) is 30.2 Å². The largest absolute Gasteiger partial charge is 0.477 e. The highest BCUT2D eigenvalue weighted by atomic mass is 19.3. The lowest BCUT2D eigenvalue weighted by atomic mass is 9.84. The molecule has 5 rings (SSSR count). The Morgan fingerprint density at radius 2 is 1.80 bits per heavy atom. The lowest BCUT2D eigenvalue weighted by Gasteiger charge is -2.43. The van der Waals surface area contributed by atoms with Gasteiger partial charge in [0.25, 0.3) is 0 Å². The van der Waals surface area contributed by atoms with Crippen LogP contribution >= 0.6 is 0 Å². The number of carbonyl (C=O) groups is 2. The van der Waals surface area contributed by atoms with Gasteiger partial charge in [0, 0.05) is 29.9 Å². The molecule has 1 amide bonds. The molecule has 2 heterocycles. The van der Waals surface area contributed by atoms with Crippen molar-refractivity contribution >= 4 is 23.0 Å². The van der Waals surface area contributed by atoms with Crippen LogP contribution in [0.15, 0.2) is 41.3 Å². The summed E-state index contributed by atoms with van der Waals surface area (Å²) in [6, 6.07) is 8.41. The fraction of sp³-hybridized carbons (Fsp3) is 0.433. The molecule has 0 saturated heterocycles. The molecular formula is C30H32F2N2O6. The molecule has 2 aliphatic rings. The van der Waals surface area contributed by atoms with E-state index in [9.17, 15) is 28.3 Å². The Morgan fingerprint density at radius 1 is 1.10 bits per heavy atom. The number of nitrogens with zero attached hydrogens (tertiary/aromatic N) is 2. The first-order valence-electron chi connectivity index (χ1n) is 13.2. The fourth-order valence-corrected chi connectivity index (χ4v) is 5.33. The molecule has 0 bridgehead atoms. The van der Waals surface area contributed by atoms with Crippen LogP contribution in [0.25, 0.3) is 22.0 Å². The lowest BCUT2D eigenvalue weighted by molar-refractivity contribution is -0.0486. The molecule has 1 saturated carbocycles. The third-order valence-electron chi connectivity index (χ3n) is 7.34. The molecule has 1 aliphatic carbocycles. The average Bonchev–Trinajstić information content (AvgIpc) is 3.67. The number of amides is 1. The van der Waals surface area contributed by atoms with E-state index in [1.807, 2.05) is 32.0 Å². The summed E-state index contributed by atoms with van der Waals surface area (Å²) in [4.78, 5) is 39.5. The molecule has 212 valence electrons. The Balaban J connectivity index is 1.66. The van der Waals surface area contributed by atoms with Crippen LogP contribution in [-0.4, -0.2) is 44.4 Å². The quantitative estimate of drug-likeness (QED) is 0.393. The normalized spacial score (nSPS) is 16.6. The van der Waals surface area contributed by atoms with Gasteiger partial charge in [0.1, 0.15) is 11.2 Å². The molecule has 3 aromatic rings. The number of alkyl halides is 2. The van der Waals surface area contributed by atoms with Crippen molar-refractivity contribution in [3.05, 3.63) is 63.4 Å². The third-order valence-corrected chi connectivity index (χ3v) is 7.34. The van der Waals surface area contributed by atoms with E-state index in [0.717, 1.165) is 24.0 Å². The second-order valence-electron chi connectivity index (χ2n) is 12.1. The van der Waals surface area contributed by atoms with Crippen molar-refractivity contribution in [2.75, 3.05) is 0 Å². The minimum absolute atomic E-state index is 0.00186. The number of fused-ring (bicyclic) bond motifs is 2. The number of halogens is 2. The van der Waals surface area contributed by atoms with Crippen molar-refractivity contribution in [2.45, 2.75) is 84.2 Å². The van der Waals surface area contributed by atoms with Crippen LogP contribution in [-0.2, 0) is 17.7 Å². The zero-order valence-corrected chi connectivity index (χ0v) is 23.1. The number of rotatable bonds is 5. The number of ether oxygens (including phenoxy) is 2. The number of carbonyl (C=O) groups excluding carboxylic acids is 1. The number of aromatic carboxylic acids is 1. The van der Waals surface area contributed by atoms with E-state index >= 15 is 0 Å². The predicted molar refractivity (Wildman–Crippen MR) is 145 cm³/mol. The first-order valence-corrected chi connectivity index (χ1v) is 13.2. The molecule has 40 heavy (non-hydrogen) atoms. The highest BCUT2D eigenvalue weighted by molar-refractivity contribution is 5.97. The second-order valence-corrected chi connectivity index (χ2v) is 12.1. The molecule has 0 atom stereocenters. The van der Waals surface area contributed by atoms with Crippen molar-refractivity contribution < 1.29 is 33.0 Å². The first-order chi connectivity index (χ1) is 18.7. The van der Waals surface area contributed by atoms with Crippen molar-refractivity contribution in [3.63, 3.8) is 0 Å². The number of hydrogen-bond acceptors (Lipinski definition) is 5. The molecule has 0 unspecified atom stereocenters. The van der Waals surface area contributed by atoms with Gasteiger partial charge in [-0.3, -0.25) is 9.69 Å². The van der Waals surface area contributed by atoms with E-state index in [-0.39, 0.29) is 29.2 Å². The number of benzene rings is 2. The zero-order valence-electron chi connectivity index (χ0n) is 23.1. The Morgan fingerprint density at radius 3 is 2.40 bits per heavy atom. The van der Waals surface area contributed by atoms with Crippen LogP contribution in [0, 0.1) is 0 Å². The molecule has 0 radical (unpaired) electrons. The maximum Gasteiger partial charge on any atom is 0.411 e. The summed E-state index contributed by atoms with van der Waals surface area (Å²) >= 11 is 0. The van der Waals surface area contributed by atoms with Gasteiger partial charge in [-0.1, -0.05) is 12.1 Å². The Hall–Kier alpha value is -3.95. The SMILES string of the molecule is CC(C)(C)OC(=O)N1Cc2cc(-c3ccc4c(=O)c(C(=O)O)cn(C5CC5)c4c3OC(F)F)ccc2CC1(C)C. The predicted octanol–water partition coefficient (Wildman–Crippen LogP) is 6.37. The second kappa shape index (κ2) is 9.60. The van der Waals surface area contributed by atoms with Crippen LogP contribution < -0.4 is 10.2 Å². The highest BCUT2D eigenvalue weighted by Gasteiger charge is 2.38. The van der Waals surface area contributed by atoms with Gasteiger partial charge >= 0.3 is 18.7 Å². The third kappa shape index (κ3) is 5.14. The minimum Gasteiger partial charge on any atom is -0.477 e. The van der Waals surface area contributed by atoms with Crippen molar-refractivity contribution in [1.82, 2.24) is 9.47 Å². The van der Waals surface area contributed by atoms with Gasteiger partial charge in [0.15, 0.2) is 5.75 Å².